The third-order valence-electron chi connectivity index (χ3n) is 2.89. The van der Waals surface area contributed by atoms with Crippen LogP contribution in [0.25, 0.3) is 0 Å². The van der Waals surface area contributed by atoms with Crippen molar-refractivity contribution in [2.45, 2.75) is 0 Å². The van der Waals surface area contributed by atoms with Gasteiger partial charge in [0.05, 0.1) is 91.6 Å². The lowest BCUT2D eigenvalue weighted by Crippen LogP contribution is -2.15. The lowest BCUT2D eigenvalue weighted by molar-refractivity contribution is -0.0186. The molecule has 0 fully saturated rings. The van der Waals surface area contributed by atoms with Crippen LogP contribution in [0.15, 0.2) is 0 Å². The number of rotatable bonds is 21. The summed E-state index contributed by atoms with van der Waals surface area (Å²) in [7, 11) is -1.33. The minimum Gasteiger partial charge on any atom is -0.382 e. The van der Waals surface area contributed by atoms with Gasteiger partial charge in [-0.05, 0) is 0 Å². The third kappa shape index (κ3) is 23.7. The number of hydrogen-bond donors (Lipinski definition) is 0. The van der Waals surface area contributed by atoms with Gasteiger partial charge in [-0.15, -0.1) is 0 Å². The lowest BCUT2D eigenvalue weighted by Gasteiger charge is -2.08. The maximum Gasteiger partial charge on any atom is 0.149 e. The first-order valence-corrected chi connectivity index (χ1v) is 10.8. The second-order valence-electron chi connectivity index (χ2n) is 5.30. The molecule has 26 heavy (non-hydrogen) atoms. The molecule has 0 saturated heterocycles. The number of methoxy groups -OCH3 is 1. The quantitative estimate of drug-likeness (QED) is 0.241. The molecule has 0 aromatic heterocycles. The normalized spacial score (nSPS) is 11.9. The molecule has 0 aliphatic rings. The fraction of sp³-hybridized carbons (Fsp3) is 1.00. The molecule has 9 nitrogen and oxygen atoms in total. The van der Waals surface area contributed by atoms with Gasteiger partial charge in [0.1, 0.15) is 9.84 Å². The molecule has 0 radical (unpaired) electrons. The maximum absolute atomic E-state index is 10.9. The van der Waals surface area contributed by atoms with Crippen molar-refractivity contribution in [1.82, 2.24) is 0 Å². The summed E-state index contributed by atoms with van der Waals surface area (Å²) < 4.78 is 58.3. The summed E-state index contributed by atoms with van der Waals surface area (Å²) in [5.74, 6) is 0.0311. The number of hydrogen-bond acceptors (Lipinski definition) is 9. The summed E-state index contributed by atoms with van der Waals surface area (Å²) in [6, 6.07) is 0. The van der Waals surface area contributed by atoms with E-state index in [1.165, 1.54) is 6.26 Å². The maximum atomic E-state index is 10.9. The summed E-state index contributed by atoms with van der Waals surface area (Å²) in [6.45, 7) is 6.21. The van der Waals surface area contributed by atoms with Crippen LogP contribution >= 0.6 is 0 Å². The standard InChI is InChI=1S/C16H34O9S/c1-19-3-4-20-5-6-21-7-8-22-9-10-23-11-12-24-13-14-25-15-16-26(2,17)18/h3-16H2,1-2H3. The van der Waals surface area contributed by atoms with Gasteiger partial charge in [0.2, 0.25) is 0 Å². The molecule has 0 bridgehead atoms. The monoisotopic (exact) mass is 402 g/mol. The van der Waals surface area contributed by atoms with Crippen molar-refractivity contribution in [3.8, 4) is 0 Å². The highest BCUT2D eigenvalue weighted by Gasteiger charge is 2.00. The molecule has 158 valence electrons. The second kappa shape index (κ2) is 19.4. The Kier molecular flexibility index (Phi) is 19.2. The molecular formula is C16H34O9S. The van der Waals surface area contributed by atoms with E-state index < -0.39 is 9.84 Å². The topological polar surface area (TPSA) is 98.8 Å². The summed E-state index contributed by atoms with van der Waals surface area (Å²) in [4.78, 5) is 0. The second-order valence-corrected chi connectivity index (χ2v) is 7.56. The molecule has 0 aliphatic carbocycles. The summed E-state index contributed by atoms with van der Waals surface area (Å²) in [5.41, 5.74) is 0. The minimum atomic E-state index is -2.96. The largest absolute Gasteiger partial charge is 0.382 e. The highest BCUT2D eigenvalue weighted by atomic mass is 32.2. The molecule has 0 amide bonds. The van der Waals surface area contributed by atoms with Crippen LogP contribution < -0.4 is 0 Å². The van der Waals surface area contributed by atoms with Crippen molar-refractivity contribution < 1.29 is 41.6 Å². The van der Waals surface area contributed by atoms with Gasteiger partial charge in [-0.25, -0.2) is 8.42 Å². The van der Waals surface area contributed by atoms with Gasteiger partial charge in [-0.3, -0.25) is 0 Å². The van der Waals surface area contributed by atoms with E-state index in [0.717, 1.165) is 0 Å². The summed E-state index contributed by atoms with van der Waals surface area (Å²) in [6.07, 6.45) is 1.18. The Morgan fingerprint density at radius 3 is 1.04 bits per heavy atom. The zero-order valence-electron chi connectivity index (χ0n) is 16.0. The van der Waals surface area contributed by atoms with Crippen LogP contribution in [0.3, 0.4) is 0 Å². The Morgan fingerprint density at radius 2 is 0.769 bits per heavy atom. The molecule has 0 atom stereocenters. The van der Waals surface area contributed by atoms with Crippen molar-refractivity contribution in [1.29, 1.82) is 0 Å². The molecule has 0 aliphatic heterocycles. The molecule has 0 rings (SSSR count). The van der Waals surface area contributed by atoms with Crippen molar-refractivity contribution in [3.63, 3.8) is 0 Å². The van der Waals surface area contributed by atoms with Gasteiger partial charge in [-0.2, -0.15) is 0 Å². The molecule has 0 spiro atoms. The Bertz CT molecular complexity index is 376. The predicted octanol–water partition coefficient (Wildman–Crippen LogP) is -0.223. The molecule has 0 heterocycles. The SMILES string of the molecule is COCCOCCOCCOCCOCCOCCOCCS(C)(=O)=O. The number of sulfone groups is 1. The summed E-state index contributed by atoms with van der Waals surface area (Å²) >= 11 is 0. The molecular weight excluding hydrogens is 368 g/mol. The first-order valence-electron chi connectivity index (χ1n) is 8.69. The van der Waals surface area contributed by atoms with Crippen LogP contribution in [0.2, 0.25) is 0 Å². The van der Waals surface area contributed by atoms with E-state index in [4.69, 9.17) is 33.2 Å². The fourth-order valence-electron chi connectivity index (χ4n) is 1.55. The molecule has 0 N–H and O–H groups in total. The average Bonchev–Trinajstić information content (AvgIpc) is 2.59. The van der Waals surface area contributed by atoms with Gasteiger partial charge in [-0.1, -0.05) is 0 Å². The van der Waals surface area contributed by atoms with E-state index >= 15 is 0 Å². The van der Waals surface area contributed by atoms with Gasteiger partial charge in [0.25, 0.3) is 0 Å². The molecule has 0 unspecified atom stereocenters. The minimum absolute atomic E-state index is 0.0311. The lowest BCUT2D eigenvalue weighted by atomic mass is 10.7. The smallest absolute Gasteiger partial charge is 0.149 e. The first kappa shape index (κ1) is 25.7. The zero-order chi connectivity index (χ0) is 19.3. The Hall–Kier alpha value is -0.330. The van der Waals surface area contributed by atoms with Crippen molar-refractivity contribution in [3.05, 3.63) is 0 Å². The van der Waals surface area contributed by atoms with Crippen LogP contribution in [0.4, 0.5) is 0 Å². The van der Waals surface area contributed by atoms with Crippen LogP contribution in [0, 0.1) is 0 Å². The Labute approximate surface area is 157 Å². The van der Waals surface area contributed by atoms with E-state index in [2.05, 4.69) is 0 Å². The van der Waals surface area contributed by atoms with E-state index in [1.807, 2.05) is 0 Å². The zero-order valence-corrected chi connectivity index (χ0v) is 16.8. The molecule has 10 heteroatoms. The Morgan fingerprint density at radius 1 is 0.500 bits per heavy atom. The van der Waals surface area contributed by atoms with E-state index in [-0.39, 0.29) is 12.4 Å². The van der Waals surface area contributed by atoms with Gasteiger partial charge in [0.15, 0.2) is 0 Å². The van der Waals surface area contributed by atoms with Crippen molar-refractivity contribution >= 4 is 9.84 Å². The van der Waals surface area contributed by atoms with E-state index in [9.17, 15) is 8.42 Å². The molecule has 0 aromatic carbocycles. The van der Waals surface area contributed by atoms with Gasteiger partial charge >= 0.3 is 0 Å². The first-order chi connectivity index (χ1) is 12.6. The Balaban J connectivity index is 3.03. The van der Waals surface area contributed by atoms with Crippen LogP contribution in [0.5, 0.6) is 0 Å². The molecule has 0 saturated carbocycles. The van der Waals surface area contributed by atoms with Crippen LogP contribution in [-0.2, 0) is 43.0 Å². The van der Waals surface area contributed by atoms with Gasteiger partial charge < -0.3 is 33.2 Å². The van der Waals surface area contributed by atoms with E-state index in [1.54, 1.807) is 7.11 Å². The molecule has 0 aromatic rings. The summed E-state index contributed by atoms with van der Waals surface area (Å²) in [5, 5.41) is 0. The third-order valence-corrected chi connectivity index (χ3v) is 3.80. The highest BCUT2D eigenvalue weighted by Crippen LogP contribution is 1.86. The van der Waals surface area contributed by atoms with E-state index in [0.29, 0.717) is 79.3 Å². The van der Waals surface area contributed by atoms with Crippen LogP contribution in [-0.4, -0.2) is 113 Å². The average molecular weight is 403 g/mol. The highest BCUT2D eigenvalue weighted by molar-refractivity contribution is 7.90. The number of ether oxygens (including phenoxy) is 7. The predicted molar refractivity (Wildman–Crippen MR) is 96.5 cm³/mol. The fourth-order valence-corrected chi connectivity index (χ4v) is 1.97. The van der Waals surface area contributed by atoms with Crippen LogP contribution in [0.1, 0.15) is 0 Å². The van der Waals surface area contributed by atoms with Crippen molar-refractivity contribution in [2.24, 2.45) is 0 Å². The van der Waals surface area contributed by atoms with Crippen molar-refractivity contribution in [2.75, 3.05) is 105 Å². The van der Waals surface area contributed by atoms with Gasteiger partial charge in [0, 0.05) is 13.4 Å².